The van der Waals surface area contributed by atoms with Gasteiger partial charge in [-0.05, 0) is 11.6 Å². The lowest BCUT2D eigenvalue weighted by atomic mass is 10.0. The van der Waals surface area contributed by atoms with E-state index in [4.69, 9.17) is 0 Å². The summed E-state index contributed by atoms with van der Waals surface area (Å²) in [6.45, 7) is 0. The van der Waals surface area contributed by atoms with Gasteiger partial charge in [-0.25, -0.2) is 0 Å². The Morgan fingerprint density at radius 3 is 2.48 bits per heavy atom. The highest BCUT2D eigenvalue weighted by atomic mass is 32.1. The molecule has 5 heteroatoms. The highest BCUT2D eigenvalue weighted by Crippen LogP contribution is 2.30. The van der Waals surface area contributed by atoms with Crippen LogP contribution in [0.4, 0.5) is 5.69 Å². The zero-order chi connectivity index (χ0) is 14.7. The maximum atomic E-state index is 12.4. The fourth-order valence-electron chi connectivity index (χ4n) is 2.17. The molecule has 3 rings (SSSR count). The van der Waals surface area contributed by atoms with Crippen molar-refractivity contribution in [2.24, 2.45) is 0 Å². The number of aromatic nitrogens is 2. The Kier molecular flexibility index (Phi) is 3.75. The van der Waals surface area contributed by atoms with Crippen molar-refractivity contribution in [3.63, 3.8) is 0 Å². The molecule has 0 saturated carbocycles. The molecule has 0 aliphatic heterocycles. The van der Waals surface area contributed by atoms with Crippen LogP contribution in [0.2, 0.25) is 0 Å². The molecule has 4 nitrogen and oxygen atoms in total. The largest absolute Gasteiger partial charge is 0.309 e. The first kappa shape index (κ1) is 13.5. The summed E-state index contributed by atoms with van der Waals surface area (Å²) in [7, 11) is 1.75. The van der Waals surface area contributed by atoms with Gasteiger partial charge in [0.15, 0.2) is 5.69 Å². The van der Waals surface area contributed by atoms with E-state index < -0.39 is 0 Å². The first-order chi connectivity index (χ1) is 10.3. The van der Waals surface area contributed by atoms with Crippen molar-refractivity contribution in [1.82, 2.24) is 8.75 Å². The van der Waals surface area contributed by atoms with Crippen LogP contribution in [0.3, 0.4) is 0 Å². The van der Waals surface area contributed by atoms with Crippen LogP contribution in [0.15, 0.2) is 60.8 Å². The second-order valence-electron chi connectivity index (χ2n) is 4.54. The van der Waals surface area contributed by atoms with Crippen LogP contribution < -0.4 is 4.90 Å². The molecule has 21 heavy (non-hydrogen) atoms. The molecule has 0 spiro atoms. The Bertz CT molecular complexity index is 741. The van der Waals surface area contributed by atoms with E-state index in [9.17, 15) is 4.79 Å². The van der Waals surface area contributed by atoms with Crippen molar-refractivity contribution in [2.45, 2.75) is 0 Å². The molecule has 0 aliphatic carbocycles. The predicted molar refractivity (Wildman–Crippen MR) is 84.5 cm³/mol. The van der Waals surface area contributed by atoms with Crippen LogP contribution in [0.5, 0.6) is 0 Å². The van der Waals surface area contributed by atoms with Crippen LogP contribution in [0.1, 0.15) is 10.5 Å². The first-order valence-electron chi connectivity index (χ1n) is 6.47. The SMILES string of the molecule is CN(C(=O)c1cnsn1)c1ccccc1-c1ccccc1. The Labute approximate surface area is 127 Å². The van der Waals surface area contributed by atoms with Crippen molar-refractivity contribution in [1.29, 1.82) is 0 Å². The van der Waals surface area contributed by atoms with Crippen LogP contribution in [-0.4, -0.2) is 21.7 Å². The summed E-state index contributed by atoms with van der Waals surface area (Å²) in [5.41, 5.74) is 3.30. The van der Waals surface area contributed by atoms with Gasteiger partial charge in [0, 0.05) is 12.6 Å². The van der Waals surface area contributed by atoms with E-state index in [0.717, 1.165) is 28.5 Å². The van der Waals surface area contributed by atoms with Gasteiger partial charge in [0.2, 0.25) is 0 Å². The number of hydrogen-bond acceptors (Lipinski definition) is 4. The number of para-hydroxylation sites is 1. The van der Waals surface area contributed by atoms with E-state index in [1.807, 2.05) is 54.6 Å². The van der Waals surface area contributed by atoms with E-state index >= 15 is 0 Å². The average Bonchev–Trinajstić information content (AvgIpc) is 3.09. The van der Waals surface area contributed by atoms with Crippen LogP contribution in [0, 0.1) is 0 Å². The van der Waals surface area contributed by atoms with Crippen LogP contribution in [-0.2, 0) is 0 Å². The fraction of sp³-hybridized carbons (Fsp3) is 0.0625. The van der Waals surface area contributed by atoms with Crippen molar-refractivity contribution in [3.8, 4) is 11.1 Å². The lowest BCUT2D eigenvalue weighted by Gasteiger charge is -2.19. The molecule has 0 unspecified atom stereocenters. The van der Waals surface area contributed by atoms with Crippen LogP contribution >= 0.6 is 11.7 Å². The van der Waals surface area contributed by atoms with Crippen molar-refractivity contribution < 1.29 is 4.79 Å². The van der Waals surface area contributed by atoms with Gasteiger partial charge in [0.05, 0.1) is 23.6 Å². The third-order valence-electron chi connectivity index (χ3n) is 3.24. The molecule has 1 aromatic heterocycles. The molecule has 1 heterocycles. The minimum atomic E-state index is -0.160. The maximum absolute atomic E-state index is 12.4. The van der Waals surface area contributed by atoms with Crippen LogP contribution in [0.25, 0.3) is 11.1 Å². The number of hydrogen-bond donors (Lipinski definition) is 0. The van der Waals surface area contributed by atoms with Crippen molar-refractivity contribution in [2.75, 3.05) is 11.9 Å². The molecule has 0 radical (unpaired) electrons. The molecule has 0 aliphatic rings. The lowest BCUT2D eigenvalue weighted by molar-refractivity contribution is 0.0989. The minimum absolute atomic E-state index is 0.160. The number of carbonyl (C=O) groups excluding carboxylic acids is 1. The average molecular weight is 295 g/mol. The zero-order valence-electron chi connectivity index (χ0n) is 11.4. The predicted octanol–water partition coefficient (Wildman–Crippen LogP) is 3.48. The zero-order valence-corrected chi connectivity index (χ0v) is 12.2. The summed E-state index contributed by atoms with van der Waals surface area (Å²) in [6.07, 6.45) is 1.49. The molecule has 0 saturated heterocycles. The molecular weight excluding hydrogens is 282 g/mol. The van der Waals surface area contributed by atoms with E-state index in [0.29, 0.717) is 5.69 Å². The van der Waals surface area contributed by atoms with Gasteiger partial charge in [-0.1, -0.05) is 48.5 Å². The molecule has 1 amide bonds. The second-order valence-corrected chi connectivity index (χ2v) is 5.10. The normalized spacial score (nSPS) is 10.3. The number of anilines is 1. The molecule has 0 bridgehead atoms. The molecule has 0 fully saturated rings. The Hall–Kier alpha value is -2.53. The smallest absolute Gasteiger partial charge is 0.279 e. The van der Waals surface area contributed by atoms with Crippen molar-refractivity contribution >= 4 is 23.3 Å². The van der Waals surface area contributed by atoms with Gasteiger partial charge < -0.3 is 4.90 Å². The number of benzene rings is 2. The standard InChI is InChI=1S/C16H13N3OS/c1-19(16(20)14-11-17-21-18-14)15-10-6-5-9-13(15)12-7-3-2-4-8-12/h2-11H,1H3. The Balaban J connectivity index is 2.01. The summed E-state index contributed by atoms with van der Waals surface area (Å²) < 4.78 is 7.89. The topological polar surface area (TPSA) is 46.1 Å². The van der Waals surface area contributed by atoms with Gasteiger partial charge in [0.25, 0.3) is 5.91 Å². The summed E-state index contributed by atoms with van der Waals surface area (Å²) in [4.78, 5) is 14.0. The van der Waals surface area contributed by atoms with Gasteiger partial charge >= 0.3 is 0 Å². The highest BCUT2D eigenvalue weighted by Gasteiger charge is 2.18. The molecule has 104 valence electrons. The van der Waals surface area contributed by atoms with E-state index in [1.165, 1.54) is 6.20 Å². The third-order valence-corrected chi connectivity index (χ3v) is 3.71. The summed E-state index contributed by atoms with van der Waals surface area (Å²) in [6, 6.07) is 17.8. The first-order valence-corrected chi connectivity index (χ1v) is 7.20. The molecule has 0 N–H and O–H groups in total. The van der Waals surface area contributed by atoms with Gasteiger partial charge in [-0.15, -0.1) is 0 Å². The quantitative estimate of drug-likeness (QED) is 0.743. The molecule has 3 aromatic rings. The number of carbonyl (C=O) groups is 1. The highest BCUT2D eigenvalue weighted by molar-refractivity contribution is 6.99. The summed E-state index contributed by atoms with van der Waals surface area (Å²) >= 11 is 1.03. The van der Waals surface area contributed by atoms with Gasteiger partial charge in [-0.2, -0.15) is 8.75 Å². The number of rotatable bonds is 3. The monoisotopic (exact) mass is 295 g/mol. The van der Waals surface area contributed by atoms with E-state index in [1.54, 1.807) is 11.9 Å². The minimum Gasteiger partial charge on any atom is -0.309 e. The van der Waals surface area contributed by atoms with Gasteiger partial charge in [-0.3, -0.25) is 4.79 Å². The van der Waals surface area contributed by atoms with Gasteiger partial charge in [0.1, 0.15) is 0 Å². The summed E-state index contributed by atoms with van der Waals surface area (Å²) in [5.74, 6) is -0.160. The molecular formula is C16H13N3OS. The maximum Gasteiger partial charge on any atom is 0.279 e. The fourth-order valence-corrected chi connectivity index (χ4v) is 2.58. The number of amides is 1. The second kappa shape index (κ2) is 5.85. The molecule has 0 atom stereocenters. The third kappa shape index (κ3) is 2.68. The number of nitrogens with zero attached hydrogens (tertiary/aromatic N) is 3. The van der Waals surface area contributed by atoms with E-state index in [2.05, 4.69) is 8.75 Å². The van der Waals surface area contributed by atoms with E-state index in [-0.39, 0.29) is 5.91 Å². The summed E-state index contributed by atoms with van der Waals surface area (Å²) in [5, 5.41) is 0. The Morgan fingerprint density at radius 2 is 1.76 bits per heavy atom. The lowest BCUT2D eigenvalue weighted by Crippen LogP contribution is -2.26. The Morgan fingerprint density at radius 1 is 1.05 bits per heavy atom. The molecule has 2 aromatic carbocycles. The van der Waals surface area contributed by atoms with Crippen molar-refractivity contribution in [3.05, 3.63) is 66.5 Å².